The standard InChI is InChI=1S/C9H19NO/c1-2-3-4-5-6-9(7-10)8-11/h3-4,9,11H,2,5-8,10H2,1H3/b4-3+. The van der Waals surface area contributed by atoms with E-state index in [0.717, 1.165) is 19.3 Å². The third-order valence-corrected chi connectivity index (χ3v) is 1.74. The molecule has 0 amide bonds. The van der Waals surface area contributed by atoms with Crippen LogP contribution in [0.25, 0.3) is 0 Å². The van der Waals surface area contributed by atoms with Gasteiger partial charge < -0.3 is 10.8 Å². The topological polar surface area (TPSA) is 46.2 Å². The van der Waals surface area contributed by atoms with Gasteiger partial charge in [0.1, 0.15) is 0 Å². The Balaban J connectivity index is 3.27. The summed E-state index contributed by atoms with van der Waals surface area (Å²) in [6, 6.07) is 0. The molecule has 0 aliphatic rings. The summed E-state index contributed by atoms with van der Waals surface area (Å²) in [5.41, 5.74) is 5.41. The van der Waals surface area contributed by atoms with Gasteiger partial charge in [-0.15, -0.1) is 0 Å². The highest BCUT2D eigenvalue weighted by atomic mass is 16.3. The van der Waals surface area contributed by atoms with Gasteiger partial charge in [-0.1, -0.05) is 19.1 Å². The molecule has 0 rings (SSSR count). The molecule has 2 heteroatoms. The molecule has 2 nitrogen and oxygen atoms in total. The molecule has 3 N–H and O–H groups in total. The van der Waals surface area contributed by atoms with Crippen molar-refractivity contribution in [1.82, 2.24) is 0 Å². The molecule has 0 bridgehead atoms. The first-order valence-electron chi connectivity index (χ1n) is 4.31. The van der Waals surface area contributed by atoms with E-state index in [2.05, 4.69) is 19.1 Å². The molecule has 0 heterocycles. The second-order valence-corrected chi connectivity index (χ2v) is 2.74. The predicted octanol–water partition coefficient (Wildman–Crippen LogP) is 1.30. The van der Waals surface area contributed by atoms with Gasteiger partial charge in [-0.25, -0.2) is 0 Å². The van der Waals surface area contributed by atoms with E-state index in [1.54, 1.807) is 0 Å². The minimum absolute atomic E-state index is 0.219. The van der Waals surface area contributed by atoms with Crippen molar-refractivity contribution in [3.8, 4) is 0 Å². The first kappa shape index (κ1) is 10.7. The summed E-state index contributed by atoms with van der Waals surface area (Å²) in [6.07, 6.45) is 7.43. The summed E-state index contributed by atoms with van der Waals surface area (Å²) in [7, 11) is 0. The van der Waals surface area contributed by atoms with Crippen molar-refractivity contribution in [2.24, 2.45) is 11.7 Å². The average Bonchev–Trinajstić information content (AvgIpc) is 2.05. The molecular weight excluding hydrogens is 138 g/mol. The zero-order chi connectivity index (χ0) is 8.53. The molecule has 0 aromatic heterocycles. The van der Waals surface area contributed by atoms with Gasteiger partial charge in [0.25, 0.3) is 0 Å². The predicted molar refractivity (Wildman–Crippen MR) is 48.3 cm³/mol. The third-order valence-electron chi connectivity index (χ3n) is 1.74. The second-order valence-electron chi connectivity index (χ2n) is 2.74. The number of hydrogen-bond donors (Lipinski definition) is 2. The SMILES string of the molecule is CC/C=C/CCC(CN)CO. The smallest absolute Gasteiger partial charge is 0.0471 e. The van der Waals surface area contributed by atoms with E-state index in [4.69, 9.17) is 10.8 Å². The Morgan fingerprint density at radius 1 is 1.45 bits per heavy atom. The number of nitrogens with two attached hydrogens (primary N) is 1. The van der Waals surface area contributed by atoms with Crippen LogP contribution in [0.15, 0.2) is 12.2 Å². The molecule has 0 spiro atoms. The quantitative estimate of drug-likeness (QED) is 0.571. The van der Waals surface area contributed by atoms with E-state index in [1.165, 1.54) is 0 Å². The maximum atomic E-state index is 8.78. The Kier molecular flexibility index (Phi) is 7.52. The number of aliphatic hydroxyl groups is 1. The van der Waals surface area contributed by atoms with Crippen molar-refractivity contribution in [2.45, 2.75) is 26.2 Å². The van der Waals surface area contributed by atoms with Crippen molar-refractivity contribution < 1.29 is 5.11 Å². The maximum Gasteiger partial charge on any atom is 0.0471 e. The van der Waals surface area contributed by atoms with Gasteiger partial charge in [-0.3, -0.25) is 0 Å². The minimum Gasteiger partial charge on any atom is -0.396 e. The second kappa shape index (κ2) is 7.76. The van der Waals surface area contributed by atoms with Crippen molar-refractivity contribution >= 4 is 0 Å². The van der Waals surface area contributed by atoms with Crippen molar-refractivity contribution in [3.05, 3.63) is 12.2 Å². The van der Waals surface area contributed by atoms with Crippen LogP contribution in [0, 0.1) is 5.92 Å². The van der Waals surface area contributed by atoms with E-state index in [1.807, 2.05) is 0 Å². The number of hydrogen-bond acceptors (Lipinski definition) is 2. The lowest BCUT2D eigenvalue weighted by Gasteiger charge is -2.08. The van der Waals surface area contributed by atoms with Crippen molar-refractivity contribution in [1.29, 1.82) is 0 Å². The fourth-order valence-electron chi connectivity index (χ4n) is 0.900. The number of rotatable bonds is 6. The molecule has 11 heavy (non-hydrogen) atoms. The number of allylic oxidation sites excluding steroid dienone is 2. The summed E-state index contributed by atoms with van der Waals surface area (Å²) in [5.74, 6) is 0.288. The molecule has 0 aromatic rings. The highest BCUT2D eigenvalue weighted by molar-refractivity contribution is 4.80. The normalized spacial score (nSPS) is 14.1. The molecule has 0 saturated carbocycles. The summed E-state index contributed by atoms with van der Waals surface area (Å²) in [5, 5.41) is 8.78. The summed E-state index contributed by atoms with van der Waals surface area (Å²) >= 11 is 0. The Hall–Kier alpha value is -0.340. The average molecular weight is 157 g/mol. The lowest BCUT2D eigenvalue weighted by Crippen LogP contribution is -2.17. The van der Waals surface area contributed by atoms with Gasteiger partial charge >= 0.3 is 0 Å². The fraction of sp³-hybridized carbons (Fsp3) is 0.778. The Labute approximate surface area is 69.1 Å². The fourth-order valence-corrected chi connectivity index (χ4v) is 0.900. The van der Waals surface area contributed by atoms with Crippen LogP contribution in [0.1, 0.15) is 26.2 Å². The van der Waals surface area contributed by atoms with Gasteiger partial charge in [0, 0.05) is 6.61 Å². The van der Waals surface area contributed by atoms with Gasteiger partial charge in [0.15, 0.2) is 0 Å². The van der Waals surface area contributed by atoms with Crippen molar-refractivity contribution in [2.75, 3.05) is 13.2 Å². The number of aliphatic hydroxyl groups excluding tert-OH is 1. The van der Waals surface area contributed by atoms with E-state index in [-0.39, 0.29) is 12.5 Å². The molecule has 0 aliphatic carbocycles. The zero-order valence-corrected chi connectivity index (χ0v) is 7.29. The van der Waals surface area contributed by atoms with E-state index < -0.39 is 0 Å². The monoisotopic (exact) mass is 157 g/mol. The van der Waals surface area contributed by atoms with Crippen LogP contribution in [0.4, 0.5) is 0 Å². The lowest BCUT2D eigenvalue weighted by molar-refractivity contribution is 0.223. The first-order valence-corrected chi connectivity index (χ1v) is 4.31. The highest BCUT2D eigenvalue weighted by Crippen LogP contribution is 2.04. The molecular formula is C9H19NO. The molecule has 0 aliphatic heterocycles. The summed E-state index contributed by atoms with van der Waals surface area (Å²) in [6.45, 7) is 2.93. The van der Waals surface area contributed by atoms with Gasteiger partial charge in [0.2, 0.25) is 0 Å². The molecule has 1 unspecified atom stereocenters. The van der Waals surface area contributed by atoms with Crippen LogP contribution in [0.2, 0.25) is 0 Å². The maximum absolute atomic E-state index is 8.78. The van der Waals surface area contributed by atoms with E-state index in [9.17, 15) is 0 Å². The van der Waals surface area contributed by atoms with Crippen LogP contribution in [-0.4, -0.2) is 18.3 Å². The van der Waals surface area contributed by atoms with Gasteiger partial charge in [-0.05, 0) is 31.7 Å². The highest BCUT2D eigenvalue weighted by Gasteiger charge is 2.01. The van der Waals surface area contributed by atoms with Crippen LogP contribution in [0.3, 0.4) is 0 Å². The van der Waals surface area contributed by atoms with Crippen LogP contribution in [-0.2, 0) is 0 Å². The molecule has 0 aromatic carbocycles. The molecule has 0 fully saturated rings. The van der Waals surface area contributed by atoms with E-state index in [0.29, 0.717) is 6.54 Å². The first-order chi connectivity index (χ1) is 5.35. The van der Waals surface area contributed by atoms with Crippen LogP contribution < -0.4 is 5.73 Å². The molecule has 1 atom stereocenters. The Bertz CT molecular complexity index is 97.7. The lowest BCUT2D eigenvalue weighted by atomic mass is 10.0. The van der Waals surface area contributed by atoms with Crippen LogP contribution >= 0.6 is 0 Å². The summed E-state index contributed by atoms with van der Waals surface area (Å²) in [4.78, 5) is 0. The molecule has 0 radical (unpaired) electrons. The van der Waals surface area contributed by atoms with Crippen molar-refractivity contribution in [3.63, 3.8) is 0 Å². The van der Waals surface area contributed by atoms with Crippen LogP contribution in [0.5, 0.6) is 0 Å². The van der Waals surface area contributed by atoms with E-state index >= 15 is 0 Å². The Morgan fingerprint density at radius 3 is 2.64 bits per heavy atom. The molecule has 0 saturated heterocycles. The largest absolute Gasteiger partial charge is 0.396 e. The third kappa shape index (κ3) is 6.07. The molecule has 66 valence electrons. The zero-order valence-electron chi connectivity index (χ0n) is 7.29. The van der Waals surface area contributed by atoms with Gasteiger partial charge in [-0.2, -0.15) is 0 Å². The summed E-state index contributed by atoms with van der Waals surface area (Å²) < 4.78 is 0. The Morgan fingerprint density at radius 2 is 2.18 bits per heavy atom. The van der Waals surface area contributed by atoms with Gasteiger partial charge in [0.05, 0.1) is 0 Å². The minimum atomic E-state index is 0.219.